The van der Waals surface area contributed by atoms with Gasteiger partial charge in [-0.1, -0.05) is 156 Å². The molecule has 0 saturated carbocycles. The van der Waals surface area contributed by atoms with Gasteiger partial charge in [0, 0.05) is 12.8 Å². The van der Waals surface area contributed by atoms with Crippen LogP contribution in [-0.4, -0.2) is 27.2 Å². The second-order valence-corrected chi connectivity index (χ2v) is 12.0. The molecule has 0 saturated heterocycles. The third-order valence-electron chi connectivity index (χ3n) is 8.04. The summed E-state index contributed by atoms with van der Waals surface area (Å²) in [7, 11) is 0. The van der Waals surface area contributed by atoms with Crippen molar-refractivity contribution in [1.82, 2.24) is 0 Å². The van der Waals surface area contributed by atoms with Gasteiger partial charge in [-0.25, -0.2) is 0 Å². The first-order valence-electron chi connectivity index (χ1n) is 16.3. The van der Waals surface area contributed by atoms with Crippen LogP contribution in [0.3, 0.4) is 0 Å². The Kier molecular flexibility index (Phi) is 23.4. The molecule has 3 nitrogen and oxygen atoms in total. The molecule has 0 rings (SSSR count). The fraction of sp³-hybridized carbons (Fsp3) is 0.970. The lowest BCUT2D eigenvalue weighted by atomic mass is 9.80. The van der Waals surface area contributed by atoms with Crippen LogP contribution in [0, 0.1) is 0 Å². The molecule has 0 aliphatic rings. The zero-order valence-electron chi connectivity index (χ0n) is 25.2. The van der Waals surface area contributed by atoms with E-state index in [4.69, 9.17) is 0 Å². The second-order valence-electron chi connectivity index (χ2n) is 12.0. The molecule has 0 unspecified atom stereocenters. The van der Waals surface area contributed by atoms with Gasteiger partial charge in [0.15, 0.2) is 0 Å². The Morgan fingerprint density at radius 2 is 0.639 bits per heavy atom. The van der Waals surface area contributed by atoms with Gasteiger partial charge in [-0.3, -0.25) is 4.79 Å². The van der Waals surface area contributed by atoms with Gasteiger partial charge in [-0.05, 0) is 25.7 Å². The van der Waals surface area contributed by atoms with Crippen LogP contribution in [0.1, 0.15) is 195 Å². The minimum Gasteiger partial charge on any atom is -0.389 e. The van der Waals surface area contributed by atoms with E-state index in [2.05, 4.69) is 27.7 Å². The summed E-state index contributed by atoms with van der Waals surface area (Å²) in [6.45, 7) is 8.89. The number of hydrogen-bond donors (Lipinski definition) is 2. The summed E-state index contributed by atoms with van der Waals surface area (Å²) in [6, 6.07) is 0. The van der Waals surface area contributed by atoms with E-state index in [9.17, 15) is 15.0 Å². The van der Waals surface area contributed by atoms with Crippen molar-refractivity contribution in [3.8, 4) is 0 Å². The molecule has 0 aromatic heterocycles. The number of ketones is 1. The van der Waals surface area contributed by atoms with Crippen molar-refractivity contribution >= 4 is 5.78 Å². The molecule has 0 aromatic carbocycles. The lowest BCUT2D eigenvalue weighted by Gasteiger charge is -2.32. The van der Waals surface area contributed by atoms with Crippen LogP contribution in [0.25, 0.3) is 0 Å². The number of unbranched alkanes of at least 4 members (excludes halogenated alkanes) is 16. The van der Waals surface area contributed by atoms with E-state index in [0.717, 1.165) is 77.0 Å². The topological polar surface area (TPSA) is 57.5 Å². The third kappa shape index (κ3) is 20.6. The minimum absolute atomic E-state index is 0.0734. The maximum Gasteiger partial charge on any atom is 0.138 e. The summed E-state index contributed by atoms with van der Waals surface area (Å²) >= 11 is 0. The van der Waals surface area contributed by atoms with Gasteiger partial charge < -0.3 is 10.2 Å². The summed E-state index contributed by atoms with van der Waals surface area (Å²) < 4.78 is 0. The van der Waals surface area contributed by atoms with Crippen LogP contribution in [0.4, 0.5) is 0 Å². The molecule has 0 aromatic rings. The number of Topliss-reactive ketones (excluding diaryl/α,β-unsaturated/α-hetero) is 1. The Balaban J connectivity index is 5.00. The third-order valence-corrected chi connectivity index (χ3v) is 8.04. The van der Waals surface area contributed by atoms with Crippen molar-refractivity contribution in [2.75, 3.05) is 0 Å². The largest absolute Gasteiger partial charge is 0.389 e. The van der Waals surface area contributed by atoms with Crippen LogP contribution >= 0.6 is 0 Å². The molecule has 0 radical (unpaired) electrons. The maximum absolute atomic E-state index is 13.3. The van der Waals surface area contributed by atoms with Gasteiger partial charge >= 0.3 is 0 Å². The molecule has 0 aliphatic heterocycles. The molecule has 3 heteroatoms. The first-order chi connectivity index (χ1) is 17.3. The number of hydrogen-bond acceptors (Lipinski definition) is 3. The highest BCUT2D eigenvalue weighted by Gasteiger charge is 2.34. The normalized spacial score (nSPS) is 12.4. The van der Waals surface area contributed by atoms with E-state index < -0.39 is 11.2 Å². The van der Waals surface area contributed by atoms with Crippen LogP contribution in [0.2, 0.25) is 0 Å². The van der Waals surface area contributed by atoms with Crippen LogP contribution in [0.15, 0.2) is 0 Å². The number of carbonyl (C=O) groups is 1. The predicted octanol–water partition coefficient (Wildman–Crippen LogP) is 10.2. The van der Waals surface area contributed by atoms with Gasteiger partial charge in [0.1, 0.15) is 5.78 Å². The average Bonchev–Trinajstić information content (AvgIpc) is 2.83. The highest BCUT2D eigenvalue weighted by atomic mass is 16.3. The van der Waals surface area contributed by atoms with Crippen molar-refractivity contribution in [2.24, 2.45) is 0 Å². The van der Waals surface area contributed by atoms with Gasteiger partial charge in [0.2, 0.25) is 0 Å². The maximum atomic E-state index is 13.3. The summed E-state index contributed by atoms with van der Waals surface area (Å²) in [5, 5.41) is 23.1. The number of carbonyl (C=O) groups excluding carboxylic acids is 1. The SMILES string of the molecule is CCCCCCCC(O)(CCCCCCC)CC(=O)CC(O)(CCCCCCC)CCCCCCC. The van der Waals surface area contributed by atoms with Gasteiger partial charge in [0.25, 0.3) is 0 Å². The summed E-state index contributed by atoms with van der Waals surface area (Å²) in [4.78, 5) is 13.3. The Bertz CT molecular complexity index is 417. The van der Waals surface area contributed by atoms with Crippen LogP contribution in [-0.2, 0) is 4.79 Å². The Labute approximate surface area is 226 Å². The number of aliphatic hydroxyl groups is 2. The quantitative estimate of drug-likeness (QED) is 0.103. The molecule has 0 bridgehead atoms. The van der Waals surface area contributed by atoms with E-state index in [1.807, 2.05) is 0 Å². The smallest absolute Gasteiger partial charge is 0.138 e. The minimum atomic E-state index is -0.890. The predicted molar refractivity (Wildman–Crippen MR) is 158 cm³/mol. The first-order valence-corrected chi connectivity index (χ1v) is 16.3. The highest BCUT2D eigenvalue weighted by molar-refractivity contribution is 5.80. The molecule has 0 spiro atoms. The molecule has 0 amide bonds. The van der Waals surface area contributed by atoms with Crippen molar-refractivity contribution < 1.29 is 15.0 Å². The van der Waals surface area contributed by atoms with Crippen molar-refractivity contribution in [1.29, 1.82) is 0 Å². The first kappa shape index (κ1) is 35.6. The van der Waals surface area contributed by atoms with E-state index in [0.29, 0.717) is 0 Å². The standard InChI is InChI=1S/C33H66O3/c1-5-9-13-17-21-25-32(35,26-22-18-14-10-6-2)29-31(34)30-33(36,27-23-19-15-11-7-3)28-24-20-16-12-8-4/h35-36H,5-30H2,1-4H3. The monoisotopic (exact) mass is 511 g/mol. The van der Waals surface area contributed by atoms with Crippen LogP contribution < -0.4 is 0 Å². The summed E-state index contributed by atoms with van der Waals surface area (Å²) in [6.07, 6.45) is 26.6. The van der Waals surface area contributed by atoms with Crippen molar-refractivity contribution in [3.05, 3.63) is 0 Å². The summed E-state index contributed by atoms with van der Waals surface area (Å²) in [5.74, 6) is 0.0734. The summed E-state index contributed by atoms with van der Waals surface area (Å²) in [5.41, 5.74) is -1.78. The van der Waals surface area contributed by atoms with Crippen molar-refractivity contribution in [2.45, 2.75) is 206 Å². The molecule has 0 fully saturated rings. The van der Waals surface area contributed by atoms with Gasteiger partial charge in [-0.15, -0.1) is 0 Å². The van der Waals surface area contributed by atoms with Crippen molar-refractivity contribution in [3.63, 3.8) is 0 Å². The zero-order chi connectivity index (χ0) is 27.0. The molecule has 0 heterocycles. The highest BCUT2D eigenvalue weighted by Crippen LogP contribution is 2.32. The van der Waals surface area contributed by atoms with E-state index >= 15 is 0 Å². The lowest BCUT2D eigenvalue weighted by Crippen LogP contribution is -2.37. The number of rotatable bonds is 28. The molecular weight excluding hydrogens is 444 g/mol. The van der Waals surface area contributed by atoms with Gasteiger partial charge in [-0.2, -0.15) is 0 Å². The fourth-order valence-corrected chi connectivity index (χ4v) is 5.63. The Hall–Kier alpha value is -0.410. The molecular formula is C33H66O3. The molecule has 36 heavy (non-hydrogen) atoms. The van der Waals surface area contributed by atoms with Crippen LogP contribution in [0.5, 0.6) is 0 Å². The second kappa shape index (κ2) is 23.7. The molecule has 0 aliphatic carbocycles. The van der Waals surface area contributed by atoms with E-state index in [1.54, 1.807) is 0 Å². The molecule has 216 valence electrons. The zero-order valence-corrected chi connectivity index (χ0v) is 25.2. The lowest BCUT2D eigenvalue weighted by molar-refractivity contribution is -0.130. The van der Waals surface area contributed by atoms with E-state index in [-0.39, 0.29) is 18.6 Å². The van der Waals surface area contributed by atoms with Gasteiger partial charge in [0.05, 0.1) is 11.2 Å². The Morgan fingerprint density at radius 3 is 0.861 bits per heavy atom. The fourth-order valence-electron chi connectivity index (χ4n) is 5.63. The Morgan fingerprint density at radius 1 is 0.417 bits per heavy atom. The molecule has 0 atom stereocenters. The molecule has 2 N–H and O–H groups in total. The van der Waals surface area contributed by atoms with E-state index in [1.165, 1.54) is 77.0 Å². The average molecular weight is 511 g/mol.